The predicted molar refractivity (Wildman–Crippen MR) is 103 cm³/mol. The van der Waals surface area contributed by atoms with Crippen LogP contribution in [0.25, 0.3) is 0 Å². The molecular weight excluding hydrogens is 385 g/mol. The minimum absolute atomic E-state index is 0.106. The van der Waals surface area contributed by atoms with E-state index in [1.165, 1.54) is 23.1 Å². The first kappa shape index (κ1) is 20.6. The summed E-state index contributed by atoms with van der Waals surface area (Å²) in [6.07, 6.45) is -2.65. The Balaban J connectivity index is 1.64. The lowest BCUT2D eigenvalue weighted by atomic mass is 10.1. The summed E-state index contributed by atoms with van der Waals surface area (Å²) in [6, 6.07) is 8.35. The lowest BCUT2D eigenvalue weighted by Gasteiger charge is -2.35. The van der Waals surface area contributed by atoms with Gasteiger partial charge in [0.25, 0.3) is 5.91 Å². The molecule has 0 atom stereocenters. The molecule has 0 unspecified atom stereocenters. The normalized spacial score (nSPS) is 14.6. The number of pyridine rings is 1. The molecule has 9 heteroatoms. The van der Waals surface area contributed by atoms with E-state index in [0.29, 0.717) is 44.1 Å². The Morgan fingerprint density at radius 2 is 1.76 bits per heavy atom. The zero-order valence-corrected chi connectivity index (χ0v) is 15.9. The largest absolute Gasteiger partial charge is 0.417 e. The highest BCUT2D eigenvalue weighted by atomic mass is 19.4. The van der Waals surface area contributed by atoms with Crippen molar-refractivity contribution in [3.63, 3.8) is 0 Å². The van der Waals surface area contributed by atoms with E-state index in [-0.39, 0.29) is 11.5 Å². The highest BCUT2D eigenvalue weighted by Crippen LogP contribution is 2.32. The standard InChI is InChI=1S/C20H21F3N4O2/c1-2-18(28)25-14-7-8-17(24-13-14)26-9-11-27(12-10-26)19(29)15-5-3-4-6-16(15)20(21,22)23/h3-8,13H,2,9-12H2,1H3,(H,25,28). The monoisotopic (exact) mass is 406 g/mol. The third-order valence-corrected chi connectivity index (χ3v) is 4.71. The van der Waals surface area contributed by atoms with Crippen LogP contribution < -0.4 is 10.2 Å². The molecule has 0 aliphatic carbocycles. The van der Waals surface area contributed by atoms with Crippen LogP contribution in [0.4, 0.5) is 24.7 Å². The summed E-state index contributed by atoms with van der Waals surface area (Å²) in [5, 5.41) is 2.71. The molecule has 6 nitrogen and oxygen atoms in total. The molecule has 154 valence electrons. The minimum Gasteiger partial charge on any atom is -0.353 e. The van der Waals surface area contributed by atoms with Crippen molar-refractivity contribution in [3.8, 4) is 0 Å². The van der Waals surface area contributed by atoms with Crippen molar-refractivity contribution in [2.45, 2.75) is 19.5 Å². The van der Waals surface area contributed by atoms with Crippen LogP contribution >= 0.6 is 0 Å². The van der Waals surface area contributed by atoms with E-state index in [1.54, 1.807) is 25.3 Å². The van der Waals surface area contributed by atoms with Crippen molar-refractivity contribution in [1.29, 1.82) is 0 Å². The van der Waals surface area contributed by atoms with Crippen molar-refractivity contribution in [2.75, 3.05) is 36.4 Å². The van der Waals surface area contributed by atoms with Crippen molar-refractivity contribution in [3.05, 3.63) is 53.7 Å². The molecule has 1 N–H and O–H groups in total. The van der Waals surface area contributed by atoms with Gasteiger partial charge < -0.3 is 15.1 Å². The molecule has 1 aliphatic heterocycles. The van der Waals surface area contributed by atoms with Gasteiger partial charge in [0.1, 0.15) is 5.82 Å². The topological polar surface area (TPSA) is 65.5 Å². The molecule has 0 spiro atoms. The molecular formula is C20H21F3N4O2. The summed E-state index contributed by atoms with van der Waals surface area (Å²) in [5.41, 5.74) is -0.653. The van der Waals surface area contributed by atoms with Crippen LogP contribution in [0.3, 0.4) is 0 Å². The Hall–Kier alpha value is -3.10. The second kappa shape index (κ2) is 8.50. The van der Waals surface area contributed by atoms with Crippen LogP contribution in [0.15, 0.2) is 42.6 Å². The smallest absolute Gasteiger partial charge is 0.353 e. The number of piperazine rings is 1. The average Bonchev–Trinajstić information content (AvgIpc) is 2.73. The number of benzene rings is 1. The maximum Gasteiger partial charge on any atom is 0.417 e. The molecule has 29 heavy (non-hydrogen) atoms. The number of alkyl halides is 3. The van der Waals surface area contributed by atoms with Gasteiger partial charge in [-0.3, -0.25) is 9.59 Å². The quantitative estimate of drug-likeness (QED) is 0.845. The number of rotatable bonds is 4. The van der Waals surface area contributed by atoms with Gasteiger partial charge >= 0.3 is 6.18 Å². The van der Waals surface area contributed by atoms with E-state index in [0.717, 1.165) is 6.07 Å². The molecule has 3 rings (SSSR count). The maximum absolute atomic E-state index is 13.2. The van der Waals surface area contributed by atoms with Crippen molar-refractivity contribution < 1.29 is 22.8 Å². The van der Waals surface area contributed by atoms with Crippen molar-refractivity contribution >= 4 is 23.3 Å². The molecule has 1 aliphatic rings. The van der Waals surface area contributed by atoms with Crippen LogP contribution in [0.2, 0.25) is 0 Å². The fourth-order valence-electron chi connectivity index (χ4n) is 3.12. The molecule has 1 fully saturated rings. The Bertz CT molecular complexity index is 876. The second-order valence-electron chi connectivity index (χ2n) is 6.63. The number of hydrogen-bond donors (Lipinski definition) is 1. The minimum atomic E-state index is -4.58. The van der Waals surface area contributed by atoms with E-state index >= 15 is 0 Å². The Labute approximate surface area is 166 Å². The van der Waals surface area contributed by atoms with Crippen LogP contribution in [0, 0.1) is 0 Å². The zero-order chi connectivity index (χ0) is 21.0. The number of amides is 2. The Kier molecular flexibility index (Phi) is 6.05. The number of nitrogens with one attached hydrogen (secondary N) is 1. The van der Waals surface area contributed by atoms with Crippen molar-refractivity contribution in [2.24, 2.45) is 0 Å². The molecule has 1 aromatic heterocycles. The molecule has 2 aromatic rings. The van der Waals surface area contributed by atoms with Gasteiger partial charge in [0.15, 0.2) is 0 Å². The first-order valence-corrected chi connectivity index (χ1v) is 9.26. The number of carbonyl (C=O) groups is 2. The highest BCUT2D eigenvalue weighted by molar-refractivity contribution is 5.96. The molecule has 2 amide bonds. The summed E-state index contributed by atoms with van der Waals surface area (Å²) >= 11 is 0. The van der Waals surface area contributed by atoms with Gasteiger partial charge in [-0.1, -0.05) is 19.1 Å². The summed E-state index contributed by atoms with van der Waals surface area (Å²) < 4.78 is 39.5. The van der Waals surface area contributed by atoms with E-state index < -0.39 is 17.6 Å². The lowest BCUT2D eigenvalue weighted by Crippen LogP contribution is -2.49. The number of anilines is 2. The third-order valence-electron chi connectivity index (χ3n) is 4.71. The average molecular weight is 406 g/mol. The zero-order valence-electron chi connectivity index (χ0n) is 15.9. The van der Waals surface area contributed by atoms with Gasteiger partial charge in [0.2, 0.25) is 5.91 Å². The lowest BCUT2D eigenvalue weighted by molar-refractivity contribution is -0.138. The highest BCUT2D eigenvalue weighted by Gasteiger charge is 2.36. The van der Waals surface area contributed by atoms with Crippen LogP contribution in [-0.2, 0) is 11.0 Å². The summed E-state index contributed by atoms with van der Waals surface area (Å²) in [4.78, 5) is 31.8. The van der Waals surface area contributed by atoms with Crippen LogP contribution in [0.5, 0.6) is 0 Å². The first-order chi connectivity index (χ1) is 13.8. The van der Waals surface area contributed by atoms with Gasteiger partial charge in [-0.05, 0) is 24.3 Å². The third kappa shape index (κ3) is 4.85. The molecule has 1 saturated heterocycles. The predicted octanol–water partition coefficient (Wildman–Crippen LogP) is 3.41. The second-order valence-corrected chi connectivity index (χ2v) is 6.63. The molecule has 1 aromatic carbocycles. The molecule has 0 bridgehead atoms. The maximum atomic E-state index is 13.2. The number of nitrogens with zero attached hydrogens (tertiary/aromatic N) is 3. The summed E-state index contributed by atoms with van der Waals surface area (Å²) in [7, 11) is 0. The van der Waals surface area contributed by atoms with Gasteiger partial charge in [-0.15, -0.1) is 0 Å². The Morgan fingerprint density at radius 1 is 1.07 bits per heavy atom. The first-order valence-electron chi connectivity index (χ1n) is 9.26. The van der Waals surface area contributed by atoms with E-state index in [4.69, 9.17) is 0 Å². The van der Waals surface area contributed by atoms with E-state index in [1.807, 2.05) is 4.90 Å². The van der Waals surface area contributed by atoms with Gasteiger partial charge in [0.05, 0.1) is 23.0 Å². The van der Waals surface area contributed by atoms with Gasteiger partial charge in [0, 0.05) is 32.6 Å². The fraction of sp³-hybridized carbons (Fsp3) is 0.350. The SMILES string of the molecule is CCC(=O)Nc1ccc(N2CCN(C(=O)c3ccccc3C(F)(F)F)CC2)nc1. The van der Waals surface area contributed by atoms with Gasteiger partial charge in [-0.2, -0.15) is 13.2 Å². The van der Waals surface area contributed by atoms with Crippen LogP contribution in [0.1, 0.15) is 29.3 Å². The van der Waals surface area contributed by atoms with Crippen LogP contribution in [-0.4, -0.2) is 47.9 Å². The summed E-state index contributed by atoms with van der Waals surface area (Å²) in [5.74, 6) is -0.0451. The van der Waals surface area contributed by atoms with Crippen molar-refractivity contribution in [1.82, 2.24) is 9.88 Å². The molecule has 0 saturated carbocycles. The van der Waals surface area contributed by atoms with Gasteiger partial charge in [-0.25, -0.2) is 4.98 Å². The molecule has 2 heterocycles. The summed E-state index contributed by atoms with van der Waals surface area (Å²) in [6.45, 7) is 3.24. The number of hydrogen-bond acceptors (Lipinski definition) is 4. The Morgan fingerprint density at radius 3 is 2.34 bits per heavy atom. The number of aromatic nitrogens is 1. The van der Waals surface area contributed by atoms with E-state index in [9.17, 15) is 22.8 Å². The fourth-order valence-corrected chi connectivity index (χ4v) is 3.12. The molecule has 0 radical (unpaired) electrons. The van der Waals surface area contributed by atoms with E-state index in [2.05, 4.69) is 10.3 Å². The number of carbonyl (C=O) groups excluding carboxylic acids is 2. The number of halogens is 3.